The molecule has 3 aromatic rings. The molecular weight excluding hydrogens is 524 g/mol. The monoisotopic (exact) mass is 550 g/mol. The molecule has 39 heavy (non-hydrogen) atoms. The zero-order chi connectivity index (χ0) is 27.5. The van der Waals surface area contributed by atoms with Gasteiger partial charge in [0.05, 0.1) is 28.5 Å². The van der Waals surface area contributed by atoms with Crippen molar-refractivity contribution < 1.29 is 33.6 Å². The average Bonchev–Trinajstić information content (AvgIpc) is 3.51. The van der Waals surface area contributed by atoms with Crippen molar-refractivity contribution >= 4 is 29.4 Å². The Morgan fingerprint density at radius 3 is 2.64 bits per heavy atom. The molecule has 0 amide bonds. The van der Waals surface area contributed by atoms with E-state index in [-0.39, 0.29) is 19.0 Å². The second-order valence-electron chi connectivity index (χ2n) is 8.78. The lowest BCUT2D eigenvalue weighted by atomic mass is 9.94. The van der Waals surface area contributed by atoms with Gasteiger partial charge in [0.15, 0.2) is 22.9 Å². The molecule has 11 heteroatoms. The van der Waals surface area contributed by atoms with Gasteiger partial charge in [0.25, 0.3) is 5.56 Å². The minimum atomic E-state index is -1.07. The van der Waals surface area contributed by atoms with Crippen LogP contribution in [0.3, 0.4) is 0 Å². The number of carbonyl (C=O) groups is 2. The first-order chi connectivity index (χ1) is 18.9. The molecule has 0 saturated carbocycles. The van der Waals surface area contributed by atoms with Crippen LogP contribution in [0.2, 0.25) is 0 Å². The van der Waals surface area contributed by atoms with Crippen LogP contribution in [0.25, 0.3) is 6.08 Å². The van der Waals surface area contributed by atoms with Crippen LogP contribution in [0, 0.1) is 0 Å². The van der Waals surface area contributed by atoms with Crippen LogP contribution < -0.4 is 29.1 Å². The van der Waals surface area contributed by atoms with Crippen LogP contribution in [-0.2, 0) is 14.3 Å². The van der Waals surface area contributed by atoms with Crippen molar-refractivity contribution in [3.05, 3.63) is 84.5 Å². The molecule has 0 fully saturated rings. The molecule has 2 aliphatic heterocycles. The Balaban J connectivity index is 1.64. The minimum absolute atomic E-state index is 0.101. The Morgan fingerprint density at radius 2 is 1.92 bits per heavy atom. The SMILES string of the molecule is CCCC1=C(C(=O)OCC)[C@H](c2ccc3c(c2)OCO3)n2c(s/c(=C\c3ccc(OCC(=O)O)cc3)c2=O)=N1. The molecule has 0 bridgehead atoms. The van der Waals surface area contributed by atoms with E-state index >= 15 is 0 Å². The standard InChI is InChI=1S/C28H26N2O8S/c1-3-5-19-24(27(34)35-4-2)25(17-8-11-20-21(13-17)38-15-37-20)30-26(33)22(39-28(30)29-19)12-16-6-9-18(10-7-16)36-14-23(31)32/h6-13,25H,3-5,14-15H2,1-2H3,(H,31,32)/b22-12-/t25-/m0/s1. The summed E-state index contributed by atoms with van der Waals surface area (Å²) in [7, 11) is 0. The number of carboxylic acids is 1. The van der Waals surface area contributed by atoms with Crippen molar-refractivity contribution in [3.8, 4) is 17.2 Å². The van der Waals surface area contributed by atoms with Gasteiger partial charge in [0.2, 0.25) is 6.79 Å². The van der Waals surface area contributed by atoms with Crippen LogP contribution >= 0.6 is 11.3 Å². The third-order valence-corrected chi connectivity index (χ3v) is 7.13. The van der Waals surface area contributed by atoms with Gasteiger partial charge in [0, 0.05) is 0 Å². The topological polar surface area (TPSA) is 126 Å². The number of aliphatic carboxylic acids is 1. The van der Waals surface area contributed by atoms with Gasteiger partial charge in [-0.25, -0.2) is 14.6 Å². The predicted molar refractivity (Wildman–Crippen MR) is 142 cm³/mol. The number of aromatic nitrogens is 1. The number of nitrogens with zero attached hydrogens (tertiary/aromatic N) is 2. The highest BCUT2D eigenvalue weighted by Crippen LogP contribution is 2.38. The summed E-state index contributed by atoms with van der Waals surface area (Å²) >= 11 is 1.23. The number of carbonyl (C=O) groups excluding carboxylic acids is 1. The number of carboxylic acid groups (broad SMARTS) is 1. The van der Waals surface area contributed by atoms with Gasteiger partial charge < -0.3 is 24.1 Å². The quantitative estimate of drug-likeness (QED) is 0.403. The highest BCUT2D eigenvalue weighted by molar-refractivity contribution is 7.07. The van der Waals surface area contributed by atoms with E-state index < -0.39 is 24.6 Å². The van der Waals surface area contributed by atoms with Crippen molar-refractivity contribution in [2.45, 2.75) is 32.7 Å². The van der Waals surface area contributed by atoms with Gasteiger partial charge in [-0.1, -0.05) is 42.9 Å². The number of rotatable bonds is 9. The Hall–Kier alpha value is -4.38. The van der Waals surface area contributed by atoms with Crippen molar-refractivity contribution in [1.82, 2.24) is 4.57 Å². The maximum absolute atomic E-state index is 13.8. The van der Waals surface area contributed by atoms with Crippen LogP contribution in [0.1, 0.15) is 43.9 Å². The smallest absolute Gasteiger partial charge is 0.341 e. The molecule has 1 aromatic heterocycles. The van der Waals surface area contributed by atoms with E-state index in [1.807, 2.05) is 13.0 Å². The van der Waals surface area contributed by atoms with Gasteiger partial charge in [-0.15, -0.1) is 0 Å². The number of hydrogen-bond acceptors (Lipinski definition) is 9. The number of esters is 1. The zero-order valence-corrected chi connectivity index (χ0v) is 22.2. The number of hydrogen-bond donors (Lipinski definition) is 1. The van der Waals surface area contributed by atoms with Crippen LogP contribution in [0.15, 0.2) is 63.5 Å². The summed E-state index contributed by atoms with van der Waals surface area (Å²) < 4.78 is 23.6. The van der Waals surface area contributed by atoms with Crippen LogP contribution in [0.5, 0.6) is 17.2 Å². The first kappa shape index (κ1) is 26.2. The van der Waals surface area contributed by atoms with Crippen molar-refractivity contribution in [2.24, 2.45) is 4.99 Å². The summed E-state index contributed by atoms with van der Waals surface area (Å²) in [5.41, 5.74) is 2.02. The first-order valence-electron chi connectivity index (χ1n) is 12.5. The number of thiazole rings is 1. The fourth-order valence-corrected chi connectivity index (χ4v) is 5.50. The molecule has 3 heterocycles. The fraction of sp³-hybridized carbons (Fsp3) is 0.286. The summed E-state index contributed by atoms with van der Waals surface area (Å²) in [6.45, 7) is 3.58. The molecule has 1 N–H and O–H groups in total. The highest BCUT2D eigenvalue weighted by Gasteiger charge is 2.35. The largest absolute Gasteiger partial charge is 0.482 e. The van der Waals surface area contributed by atoms with Crippen molar-refractivity contribution in [1.29, 1.82) is 0 Å². The number of allylic oxidation sites excluding steroid dienone is 1. The summed E-state index contributed by atoms with van der Waals surface area (Å²) in [4.78, 5) is 43.1. The molecule has 0 aliphatic carbocycles. The van der Waals surface area contributed by atoms with E-state index in [0.29, 0.717) is 49.8 Å². The molecule has 0 unspecified atom stereocenters. The summed E-state index contributed by atoms with van der Waals surface area (Å²) in [6, 6.07) is 11.4. The first-order valence-corrected chi connectivity index (χ1v) is 13.3. The molecule has 5 rings (SSSR count). The van der Waals surface area contributed by atoms with Crippen LogP contribution in [0.4, 0.5) is 0 Å². The third-order valence-electron chi connectivity index (χ3n) is 6.14. The number of ether oxygens (including phenoxy) is 4. The summed E-state index contributed by atoms with van der Waals surface area (Å²) in [5, 5.41) is 8.80. The molecule has 2 aromatic carbocycles. The molecule has 0 spiro atoms. The fourth-order valence-electron chi connectivity index (χ4n) is 4.48. The Labute approximate surface area is 227 Å². The predicted octanol–water partition coefficient (Wildman–Crippen LogP) is 2.77. The maximum atomic E-state index is 13.8. The van der Waals surface area contributed by atoms with Crippen molar-refractivity contribution in [2.75, 3.05) is 20.0 Å². The van der Waals surface area contributed by atoms with Gasteiger partial charge in [-0.05, 0) is 54.8 Å². The number of fused-ring (bicyclic) bond motifs is 2. The van der Waals surface area contributed by atoms with E-state index in [1.54, 1.807) is 49.4 Å². The Kier molecular flexibility index (Phi) is 7.51. The molecular formula is C28H26N2O8S. The zero-order valence-electron chi connectivity index (χ0n) is 21.3. The van der Waals surface area contributed by atoms with Gasteiger partial charge >= 0.3 is 11.9 Å². The van der Waals surface area contributed by atoms with Gasteiger partial charge in [-0.2, -0.15) is 0 Å². The Morgan fingerprint density at radius 1 is 1.15 bits per heavy atom. The second-order valence-corrected chi connectivity index (χ2v) is 9.79. The maximum Gasteiger partial charge on any atom is 0.341 e. The van der Waals surface area contributed by atoms with E-state index in [2.05, 4.69) is 0 Å². The number of benzene rings is 2. The van der Waals surface area contributed by atoms with E-state index in [4.69, 9.17) is 29.0 Å². The van der Waals surface area contributed by atoms with E-state index in [0.717, 1.165) is 12.0 Å². The molecule has 10 nitrogen and oxygen atoms in total. The molecule has 0 saturated heterocycles. The van der Waals surface area contributed by atoms with Crippen molar-refractivity contribution in [3.63, 3.8) is 0 Å². The lowest BCUT2D eigenvalue weighted by Crippen LogP contribution is -2.40. The summed E-state index contributed by atoms with van der Waals surface area (Å²) in [5.74, 6) is -0.0444. The van der Waals surface area contributed by atoms with Gasteiger partial charge in [-0.3, -0.25) is 9.36 Å². The molecule has 2 aliphatic rings. The second kappa shape index (κ2) is 11.2. The molecule has 0 radical (unpaired) electrons. The van der Waals surface area contributed by atoms with Gasteiger partial charge in [0.1, 0.15) is 5.75 Å². The lowest BCUT2D eigenvalue weighted by Gasteiger charge is -2.25. The van der Waals surface area contributed by atoms with E-state index in [1.165, 1.54) is 15.9 Å². The van der Waals surface area contributed by atoms with Crippen LogP contribution in [-0.4, -0.2) is 41.6 Å². The summed E-state index contributed by atoms with van der Waals surface area (Å²) in [6.07, 6.45) is 3.02. The molecule has 1 atom stereocenters. The average molecular weight is 551 g/mol. The third kappa shape index (κ3) is 5.30. The Bertz CT molecular complexity index is 1640. The highest BCUT2D eigenvalue weighted by atomic mass is 32.1. The minimum Gasteiger partial charge on any atom is -0.482 e. The molecule has 202 valence electrons. The normalized spacial score (nSPS) is 16.1. The van der Waals surface area contributed by atoms with E-state index in [9.17, 15) is 14.4 Å². The lowest BCUT2D eigenvalue weighted by molar-refractivity contribution is -0.140.